The Morgan fingerprint density at radius 3 is 2.00 bits per heavy atom. The van der Waals surface area contributed by atoms with Crippen LogP contribution in [0, 0.1) is 5.92 Å². The SMILES string of the molecule is C.C=C(C)C1CCCCC1. The molecule has 0 heteroatoms. The Morgan fingerprint density at radius 2 is 1.70 bits per heavy atom. The lowest BCUT2D eigenvalue weighted by Gasteiger charge is -2.21. The molecule has 0 aliphatic heterocycles. The maximum absolute atomic E-state index is 3.98. The zero-order chi connectivity index (χ0) is 6.69. The second-order valence-corrected chi connectivity index (χ2v) is 3.18. The molecule has 0 unspecified atom stereocenters. The van der Waals surface area contributed by atoms with Crippen molar-refractivity contribution in [3.05, 3.63) is 12.2 Å². The van der Waals surface area contributed by atoms with E-state index in [0.717, 1.165) is 5.92 Å². The van der Waals surface area contributed by atoms with Gasteiger partial charge in [0.05, 0.1) is 0 Å². The van der Waals surface area contributed by atoms with Crippen LogP contribution in [0.4, 0.5) is 0 Å². The van der Waals surface area contributed by atoms with Crippen molar-refractivity contribution in [3.63, 3.8) is 0 Å². The third-order valence-electron chi connectivity index (χ3n) is 2.30. The highest BCUT2D eigenvalue weighted by Crippen LogP contribution is 2.27. The van der Waals surface area contributed by atoms with Gasteiger partial charge in [0.25, 0.3) is 0 Å². The first-order valence-electron chi connectivity index (χ1n) is 3.96. The minimum Gasteiger partial charge on any atom is -0.0999 e. The van der Waals surface area contributed by atoms with Crippen LogP contribution in [0.5, 0.6) is 0 Å². The summed E-state index contributed by atoms with van der Waals surface area (Å²) >= 11 is 0. The third-order valence-corrected chi connectivity index (χ3v) is 2.30. The van der Waals surface area contributed by atoms with Gasteiger partial charge in [0.2, 0.25) is 0 Å². The molecule has 0 bridgehead atoms. The quantitative estimate of drug-likeness (QED) is 0.486. The second kappa shape index (κ2) is 4.54. The van der Waals surface area contributed by atoms with Gasteiger partial charge in [-0.25, -0.2) is 0 Å². The summed E-state index contributed by atoms with van der Waals surface area (Å²) in [6, 6.07) is 0. The molecule has 1 saturated carbocycles. The van der Waals surface area contributed by atoms with Crippen LogP contribution in [0.3, 0.4) is 0 Å². The molecule has 0 nitrogen and oxygen atoms in total. The second-order valence-electron chi connectivity index (χ2n) is 3.18. The fraction of sp³-hybridized carbons (Fsp3) is 0.800. The van der Waals surface area contributed by atoms with E-state index < -0.39 is 0 Å². The Bertz CT molecular complexity index is 96.6. The predicted molar refractivity (Wildman–Crippen MR) is 48.1 cm³/mol. The lowest BCUT2D eigenvalue weighted by Crippen LogP contribution is -2.05. The van der Waals surface area contributed by atoms with Crippen molar-refractivity contribution in [2.45, 2.75) is 46.5 Å². The standard InChI is InChI=1S/C9H16.CH4/c1-8(2)9-6-4-3-5-7-9;/h9H,1,3-7H2,2H3;1H4. The molecule has 0 atom stereocenters. The molecule has 0 amide bonds. The molecule has 1 fully saturated rings. The van der Waals surface area contributed by atoms with Crippen LogP contribution < -0.4 is 0 Å². The van der Waals surface area contributed by atoms with Crippen molar-refractivity contribution >= 4 is 0 Å². The van der Waals surface area contributed by atoms with Crippen LogP contribution in [0.25, 0.3) is 0 Å². The lowest BCUT2D eigenvalue weighted by molar-refractivity contribution is 0.404. The van der Waals surface area contributed by atoms with E-state index in [1.807, 2.05) is 0 Å². The Kier molecular flexibility index (Phi) is 4.42. The number of hydrogen-bond donors (Lipinski definition) is 0. The summed E-state index contributed by atoms with van der Waals surface area (Å²) in [6.07, 6.45) is 7.10. The Morgan fingerprint density at radius 1 is 1.20 bits per heavy atom. The van der Waals surface area contributed by atoms with E-state index in [0.29, 0.717) is 0 Å². The smallest absolute Gasteiger partial charge is 0.0209 e. The van der Waals surface area contributed by atoms with E-state index in [1.54, 1.807) is 0 Å². The van der Waals surface area contributed by atoms with Crippen molar-refractivity contribution in [3.8, 4) is 0 Å². The Labute approximate surface area is 65.3 Å². The first-order chi connectivity index (χ1) is 4.30. The molecule has 1 rings (SSSR count). The van der Waals surface area contributed by atoms with E-state index >= 15 is 0 Å². The summed E-state index contributed by atoms with van der Waals surface area (Å²) in [5.41, 5.74) is 1.40. The summed E-state index contributed by atoms with van der Waals surface area (Å²) in [5.74, 6) is 0.860. The van der Waals surface area contributed by atoms with Gasteiger partial charge in [0.1, 0.15) is 0 Å². The Balaban J connectivity index is 0.000000810. The van der Waals surface area contributed by atoms with Crippen LogP contribution >= 0.6 is 0 Å². The average molecular weight is 140 g/mol. The van der Waals surface area contributed by atoms with Gasteiger partial charge in [-0.1, -0.05) is 38.8 Å². The van der Waals surface area contributed by atoms with E-state index in [-0.39, 0.29) is 7.43 Å². The number of allylic oxidation sites excluding steroid dienone is 1. The van der Waals surface area contributed by atoms with Crippen molar-refractivity contribution in [1.82, 2.24) is 0 Å². The van der Waals surface area contributed by atoms with Gasteiger partial charge in [0.15, 0.2) is 0 Å². The highest BCUT2D eigenvalue weighted by Gasteiger charge is 2.12. The van der Waals surface area contributed by atoms with Crippen molar-refractivity contribution in [2.75, 3.05) is 0 Å². The van der Waals surface area contributed by atoms with Gasteiger partial charge < -0.3 is 0 Å². The van der Waals surface area contributed by atoms with E-state index in [9.17, 15) is 0 Å². The largest absolute Gasteiger partial charge is 0.0999 e. The molecule has 0 heterocycles. The molecular weight excluding hydrogens is 120 g/mol. The van der Waals surface area contributed by atoms with E-state index in [4.69, 9.17) is 0 Å². The number of hydrogen-bond acceptors (Lipinski definition) is 0. The minimum atomic E-state index is 0. The summed E-state index contributed by atoms with van der Waals surface area (Å²) in [6.45, 7) is 6.14. The van der Waals surface area contributed by atoms with Crippen molar-refractivity contribution < 1.29 is 0 Å². The van der Waals surface area contributed by atoms with Crippen LogP contribution in [0.2, 0.25) is 0 Å². The van der Waals surface area contributed by atoms with Crippen LogP contribution in [-0.2, 0) is 0 Å². The topological polar surface area (TPSA) is 0 Å². The summed E-state index contributed by atoms with van der Waals surface area (Å²) in [7, 11) is 0. The van der Waals surface area contributed by atoms with Crippen LogP contribution in [0.1, 0.15) is 46.5 Å². The molecule has 0 aromatic rings. The van der Waals surface area contributed by atoms with Gasteiger partial charge in [-0.2, -0.15) is 0 Å². The van der Waals surface area contributed by atoms with E-state index in [1.165, 1.54) is 37.7 Å². The highest BCUT2D eigenvalue weighted by atomic mass is 14.2. The monoisotopic (exact) mass is 140 g/mol. The number of rotatable bonds is 1. The van der Waals surface area contributed by atoms with Crippen LogP contribution in [0.15, 0.2) is 12.2 Å². The fourth-order valence-corrected chi connectivity index (χ4v) is 1.60. The Hall–Kier alpha value is -0.260. The molecule has 10 heavy (non-hydrogen) atoms. The summed E-state index contributed by atoms with van der Waals surface area (Å²) in [4.78, 5) is 0. The van der Waals surface area contributed by atoms with E-state index in [2.05, 4.69) is 13.5 Å². The summed E-state index contributed by atoms with van der Waals surface area (Å²) < 4.78 is 0. The van der Waals surface area contributed by atoms with Gasteiger partial charge in [-0.15, -0.1) is 0 Å². The summed E-state index contributed by atoms with van der Waals surface area (Å²) in [5, 5.41) is 0. The highest BCUT2D eigenvalue weighted by molar-refractivity contribution is 4.96. The maximum Gasteiger partial charge on any atom is -0.0209 e. The molecule has 0 spiro atoms. The van der Waals surface area contributed by atoms with Gasteiger partial charge in [-0.3, -0.25) is 0 Å². The minimum absolute atomic E-state index is 0. The molecule has 1 aliphatic carbocycles. The molecule has 60 valence electrons. The first kappa shape index (κ1) is 9.74. The van der Waals surface area contributed by atoms with Gasteiger partial charge in [-0.05, 0) is 25.7 Å². The van der Waals surface area contributed by atoms with Gasteiger partial charge in [0, 0.05) is 0 Å². The first-order valence-corrected chi connectivity index (χ1v) is 3.96. The van der Waals surface area contributed by atoms with Crippen molar-refractivity contribution in [2.24, 2.45) is 5.92 Å². The zero-order valence-corrected chi connectivity index (χ0v) is 6.32. The molecule has 0 radical (unpaired) electrons. The maximum atomic E-state index is 3.98. The molecular formula is C10H20. The van der Waals surface area contributed by atoms with Crippen LogP contribution in [-0.4, -0.2) is 0 Å². The zero-order valence-electron chi connectivity index (χ0n) is 6.32. The molecule has 0 N–H and O–H groups in total. The lowest BCUT2D eigenvalue weighted by atomic mass is 9.85. The molecule has 0 aromatic carbocycles. The normalized spacial score (nSPS) is 19.7. The van der Waals surface area contributed by atoms with Gasteiger partial charge >= 0.3 is 0 Å². The molecule has 1 aliphatic rings. The fourth-order valence-electron chi connectivity index (χ4n) is 1.60. The third kappa shape index (κ3) is 2.55. The molecule has 0 saturated heterocycles. The molecule has 0 aromatic heterocycles. The average Bonchev–Trinajstić information content (AvgIpc) is 1.90. The van der Waals surface area contributed by atoms with Crippen molar-refractivity contribution in [1.29, 1.82) is 0 Å². The predicted octanol–water partition coefficient (Wildman–Crippen LogP) is 3.78.